The largest absolute Gasteiger partial charge is 0.409 e. The number of hydrogen-bond acceptors (Lipinski definition) is 4. The Morgan fingerprint density at radius 2 is 2.10 bits per heavy atom. The Hall–Kier alpha value is -1.75. The van der Waals surface area contributed by atoms with Gasteiger partial charge >= 0.3 is 0 Å². The minimum absolute atomic E-state index is 0.161. The van der Waals surface area contributed by atoms with Crippen molar-refractivity contribution in [3.05, 3.63) is 29.3 Å². The van der Waals surface area contributed by atoms with Gasteiger partial charge in [0.25, 0.3) is 0 Å². The smallest absolute Gasteiger partial charge is 0.170 e. The van der Waals surface area contributed by atoms with Gasteiger partial charge in [0.05, 0.1) is 0 Å². The average Bonchev–Trinajstić information content (AvgIpc) is 2.97. The number of amidine groups is 1. The fourth-order valence-corrected chi connectivity index (χ4v) is 2.65. The first kappa shape index (κ1) is 14.7. The highest BCUT2D eigenvalue weighted by atomic mass is 16.4. The summed E-state index contributed by atoms with van der Waals surface area (Å²) in [6, 6.07) is 6.01. The molecule has 110 valence electrons. The number of hydrogen-bond donors (Lipinski definition) is 2. The van der Waals surface area contributed by atoms with Crippen molar-refractivity contribution in [1.82, 2.24) is 4.90 Å². The lowest BCUT2D eigenvalue weighted by atomic mass is 10.1. The number of likely N-dealkylation sites (tertiary alicyclic amines) is 1. The summed E-state index contributed by atoms with van der Waals surface area (Å²) in [6.07, 6.45) is 2.66. The second kappa shape index (κ2) is 6.61. The first-order valence-corrected chi connectivity index (χ1v) is 7.14. The molecule has 0 aliphatic carbocycles. The van der Waals surface area contributed by atoms with Gasteiger partial charge in [0.2, 0.25) is 0 Å². The maximum absolute atomic E-state index is 8.74. The number of nitrogens with two attached hydrogens (primary N) is 1. The van der Waals surface area contributed by atoms with Crippen molar-refractivity contribution in [1.29, 1.82) is 0 Å². The molecule has 0 amide bonds. The topological polar surface area (TPSA) is 65.1 Å². The molecule has 5 heteroatoms. The Balaban J connectivity index is 1.99. The second-order valence-electron chi connectivity index (χ2n) is 5.45. The van der Waals surface area contributed by atoms with E-state index in [-0.39, 0.29) is 5.84 Å². The van der Waals surface area contributed by atoms with Crippen LogP contribution in [0.1, 0.15) is 24.0 Å². The van der Waals surface area contributed by atoms with Crippen LogP contribution in [-0.2, 0) is 0 Å². The molecule has 1 aliphatic heterocycles. The monoisotopic (exact) mass is 276 g/mol. The summed E-state index contributed by atoms with van der Waals surface area (Å²) >= 11 is 0. The van der Waals surface area contributed by atoms with E-state index in [9.17, 15) is 0 Å². The Labute approximate surface area is 120 Å². The molecule has 1 fully saturated rings. The zero-order valence-electron chi connectivity index (χ0n) is 12.3. The molecule has 0 spiro atoms. The lowest BCUT2D eigenvalue weighted by Crippen LogP contribution is -2.31. The van der Waals surface area contributed by atoms with Gasteiger partial charge in [-0.2, -0.15) is 0 Å². The van der Waals surface area contributed by atoms with Gasteiger partial charge in [0.15, 0.2) is 5.84 Å². The quantitative estimate of drug-likeness (QED) is 0.371. The van der Waals surface area contributed by atoms with Crippen LogP contribution in [0.5, 0.6) is 0 Å². The van der Waals surface area contributed by atoms with Crippen molar-refractivity contribution >= 4 is 11.5 Å². The zero-order valence-corrected chi connectivity index (χ0v) is 12.3. The molecule has 20 heavy (non-hydrogen) atoms. The molecular weight excluding hydrogens is 252 g/mol. The molecule has 0 unspecified atom stereocenters. The van der Waals surface area contributed by atoms with Gasteiger partial charge in [-0.25, -0.2) is 0 Å². The van der Waals surface area contributed by atoms with Crippen molar-refractivity contribution in [3.63, 3.8) is 0 Å². The van der Waals surface area contributed by atoms with Gasteiger partial charge in [-0.15, -0.1) is 0 Å². The fraction of sp³-hybridized carbons (Fsp3) is 0.533. The number of oxime groups is 1. The average molecular weight is 276 g/mol. The van der Waals surface area contributed by atoms with Crippen molar-refractivity contribution in [3.8, 4) is 0 Å². The molecule has 0 atom stereocenters. The van der Waals surface area contributed by atoms with Gasteiger partial charge in [-0.3, -0.25) is 0 Å². The Bertz CT molecular complexity index is 481. The van der Waals surface area contributed by atoms with Crippen LogP contribution < -0.4 is 10.6 Å². The van der Waals surface area contributed by atoms with E-state index >= 15 is 0 Å². The van der Waals surface area contributed by atoms with E-state index in [1.54, 1.807) is 0 Å². The summed E-state index contributed by atoms with van der Waals surface area (Å²) in [6.45, 7) is 6.57. The normalized spacial score (nSPS) is 16.6. The van der Waals surface area contributed by atoms with E-state index in [0.29, 0.717) is 0 Å². The SMILES string of the molecule is Cc1cc(N(C)CCN2CCCC2)ccc1/C(N)=N/O. The van der Waals surface area contributed by atoms with Gasteiger partial charge in [-0.1, -0.05) is 5.16 Å². The predicted molar refractivity (Wildman–Crippen MR) is 82.6 cm³/mol. The first-order valence-electron chi connectivity index (χ1n) is 7.14. The molecule has 0 aromatic heterocycles. The van der Waals surface area contributed by atoms with E-state index in [1.807, 2.05) is 19.1 Å². The van der Waals surface area contributed by atoms with E-state index in [2.05, 4.69) is 28.1 Å². The highest BCUT2D eigenvalue weighted by Gasteiger charge is 2.12. The van der Waals surface area contributed by atoms with Gasteiger partial charge in [0.1, 0.15) is 0 Å². The third kappa shape index (κ3) is 3.42. The Morgan fingerprint density at radius 3 is 2.70 bits per heavy atom. The minimum atomic E-state index is 0.161. The number of anilines is 1. The van der Waals surface area contributed by atoms with Crippen LogP contribution in [-0.4, -0.2) is 49.2 Å². The van der Waals surface area contributed by atoms with E-state index < -0.39 is 0 Å². The van der Waals surface area contributed by atoms with Crippen LogP contribution in [0, 0.1) is 6.92 Å². The summed E-state index contributed by atoms with van der Waals surface area (Å²) in [7, 11) is 2.11. The van der Waals surface area contributed by atoms with Crippen molar-refractivity contribution in [2.24, 2.45) is 10.9 Å². The molecule has 1 heterocycles. The van der Waals surface area contributed by atoms with Crippen molar-refractivity contribution < 1.29 is 5.21 Å². The lowest BCUT2D eigenvalue weighted by Gasteiger charge is -2.24. The number of aryl methyl sites for hydroxylation is 1. The molecule has 2 rings (SSSR count). The van der Waals surface area contributed by atoms with Crippen LogP contribution in [0.3, 0.4) is 0 Å². The second-order valence-corrected chi connectivity index (χ2v) is 5.45. The number of likely N-dealkylation sites (N-methyl/N-ethyl adjacent to an activating group) is 1. The van der Waals surface area contributed by atoms with Crippen LogP contribution in [0.2, 0.25) is 0 Å². The molecule has 0 radical (unpaired) electrons. The zero-order chi connectivity index (χ0) is 14.5. The summed E-state index contributed by atoms with van der Waals surface area (Å²) < 4.78 is 0. The van der Waals surface area contributed by atoms with Crippen LogP contribution in [0.15, 0.2) is 23.4 Å². The van der Waals surface area contributed by atoms with Crippen molar-refractivity contribution in [2.45, 2.75) is 19.8 Å². The number of nitrogens with zero attached hydrogens (tertiary/aromatic N) is 3. The summed E-state index contributed by atoms with van der Waals surface area (Å²) in [5.41, 5.74) is 8.61. The highest BCUT2D eigenvalue weighted by Crippen LogP contribution is 2.18. The molecular formula is C15H24N4O. The molecule has 1 aliphatic rings. The van der Waals surface area contributed by atoms with Gasteiger partial charge < -0.3 is 20.7 Å². The third-order valence-electron chi connectivity index (χ3n) is 3.98. The number of benzene rings is 1. The van der Waals surface area contributed by atoms with Crippen LogP contribution >= 0.6 is 0 Å². The molecule has 0 saturated carbocycles. The molecule has 3 N–H and O–H groups in total. The molecule has 0 bridgehead atoms. The lowest BCUT2D eigenvalue weighted by molar-refractivity contribution is 0.318. The van der Waals surface area contributed by atoms with Crippen LogP contribution in [0.25, 0.3) is 0 Å². The fourth-order valence-electron chi connectivity index (χ4n) is 2.65. The van der Waals surface area contributed by atoms with Crippen LogP contribution in [0.4, 0.5) is 5.69 Å². The standard InChI is InChI=1S/C15H24N4O/c1-12-11-13(5-6-14(12)15(16)17-20)18(2)9-10-19-7-3-4-8-19/h5-6,11,20H,3-4,7-10H2,1-2H3,(H2,16,17). The molecule has 1 aromatic rings. The molecule has 5 nitrogen and oxygen atoms in total. The van der Waals surface area contributed by atoms with Crippen molar-refractivity contribution in [2.75, 3.05) is 38.1 Å². The van der Waals surface area contributed by atoms with Gasteiger partial charge in [-0.05, 0) is 56.6 Å². The first-order chi connectivity index (χ1) is 9.61. The number of rotatable bonds is 5. The van der Waals surface area contributed by atoms with Gasteiger partial charge in [0, 0.05) is 31.4 Å². The third-order valence-corrected chi connectivity index (χ3v) is 3.98. The highest BCUT2D eigenvalue weighted by molar-refractivity contribution is 5.98. The Morgan fingerprint density at radius 1 is 1.40 bits per heavy atom. The minimum Gasteiger partial charge on any atom is -0.409 e. The summed E-state index contributed by atoms with van der Waals surface area (Å²) in [4.78, 5) is 4.76. The molecule has 1 saturated heterocycles. The van der Waals surface area contributed by atoms with E-state index in [0.717, 1.165) is 29.9 Å². The maximum Gasteiger partial charge on any atom is 0.170 e. The van der Waals surface area contributed by atoms with E-state index in [4.69, 9.17) is 10.9 Å². The maximum atomic E-state index is 8.74. The summed E-state index contributed by atoms with van der Waals surface area (Å²) in [5, 5.41) is 11.8. The predicted octanol–water partition coefficient (Wildman–Crippen LogP) is 1.62. The Kier molecular flexibility index (Phi) is 4.84. The van der Waals surface area contributed by atoms with E-state index in [1.165, 1.54) is 25.9 Å². The summed E-state index contributed by atoms with van der Waals surface area (Å²) in [5.74, 6) is 0.161. The molecule has 1 aromatic carbocycles.